The first-order valence-corrected chi connectivity index (χ1v) is 10.5. The molecule has 0 bridgehead atoms. The van der Waals surface area contributed by atoms with Crippen molar-refractivity contribution in [3.63, 3.8) is 0 Å². The van der Waals surface area contributed by atoms with Crippen LogP contribution >= 0.6 is 0 Å². The Labute approximate surface area is 182 Å². The fraction of sp³-hybridized carbons (Fsp3) is 0.292. The van der Waals surface area contributed by atoms with Gasteiger partial charge in [-0.15, -0.1) is 0 Å². The zero-order chi connectivity index (χ0) is 21.6. The number of hydrogen-bond acceptors (Lipinski definition) is 3. The monoisotopic (exact) mass is 417 g/mol. The van der Waals surface area contributed by atoms with Crippen LogP contribution in [0.1, 0.15) is 18.4 Å². The Morgan fingerprint density at radius 2 is 1.81 bits per heavy atom. The van der Waals surface area contributed by atoms with Gasteiger partial charge in [0.2, 0.25) is 5.91 Å². The second-order valence-corrected chi connectivity index (χ2v) is 7.90. The van der Waals surface area contributed by atoms with Crippen molar-refractivity contribution in [2.45, 2.75) is 19.4 Å². The molecule has 2 heterocycles. The number of hydrogen-bond donors (Lipinski definition) is 1. The molecule has 1 aliphatic rings. The first-order chi connectivity index (χ1) is 15.1. The van der Waals surface area contributed by atoms with Crippen LogP contribution in [0.15, 0.2) is 73.1 Å². The summed E-state index contributed by atoms with van der Waals surface area (Å²) < 4.78 is 1.81. The van der Waals surface area contributed by atoms with Crippen LogP contribution in [0.3, 0.4) is 0 Å². The summed E-state index contributed by atoms with van der Waals surface area (Å²) in [6.45, 7) is 1.58. The molecule has 1 aliphatic heterocycles. The predicted molar refractivity (Wildman–Crippen MR) is 120 cm³/mol. The number of nitrogens with zero attached hydrogens (tertiary/aromatic N) is 4. The number of nitrogens with one attached hydrogen (secondary N) is 1. The number of benzene rings is 2. The fourth-order valence-electron chi connectivity index (χ4n) is 3.91. The Kier molecular flexibility index (Phi) is 6.31. The van der Waals surface area contributed by atoms with Gasteiger partial charge in [0.15, 0.2) is 0 Å². The Hall–Kier alpha value is -3.61. The molecular weight excluding hydrogens is 390 g/mol. The first-order valence-electron chi connectivity index (χ1n) is 10.5. The van der Waals surface area contributed by atoms with Crippen LogP contribution in [-0.4, -0.2) is 51.7 Å². The Morgan fingerprint density at radius 3 is 2.55 bits per heavy atom. The third kappa shape index (κ3) is 5.12. The summed E-state index contributed by atoms with van der Waals surface area (Å²) >= 11 is 0. The van der Waals surface area contributed by atoms with Gasteiger partial charge in [0, 0.05) is 44.1 Å². The summed E-state index contributed by atoms with van der Waals surface area (Å²) in [6.07, 6.45) is 5.34. The maximum atomic E-state index is 13.0. The molecule has 2 aromatic carbocycles. The zero-order valence-corrected chi connectivity index (χ0v) is 17.6. The van der Waals surface area contributed by atoms with E-state index in [4.69, 9.17) is 0 Å². The van der Waals surface area contributed by atoms with Gasteiger partial charge in [0.25, 0.3) is 0 Å². The highest BCUT2D eigenvalue weighted by molar-refractivity contribution is 5.90. The molecule has 0 saturated carbocycles. The van der Waals surface area contributed by atoms with Crippen molar-refractivity contribution in [1.29, 1.82) is 0 Å². The quantitative estimate of drug-likeness (QED) is 0.687. The maximum Gasteiger partial charge on any atom is 0.321 e. The molecule has 7 nitrogen and oxygen atoms in total. The third-order valence-corrected chi connectivity index (χ3v) is 5.54. The Balaban J connectivity index is 1.34. The lowest BCUT2D eigenvalue weighted by Gasteiger charge is -2.34. The van der Waals surface area contributed by atoms with Crippen LogP contribution in [0, 0.1) is 5.92 Å². The molecule has 3 aromatic rings. The van der Waals surface area contributed by atoms with Gasteiger partial charge >= 0.3 is 6.03 Å². The molecule has 1 N–H and O–H groups in total. The minimum absolute atomic E-state index is 0.0599. The van der Waals surface area contributed by atoms with E-state index in [1.54, 1.807) is 16.0 Å². The number of rotatable bonds is 5. The lowest BCUT2D eigenvalue weighted by atomic mass is 9.96. The van der Waals surface area contributed by atoms with Crippen molar-refractivity contribution < 1.29 is 9.59 Å². The third-order valence-electron chi connectivity index (χ3n) is 5.54. The number of amides is 3. The average molecular weight is 418 g/mol. The highest BCUT2D eigenvalue weighted by Crippen LogP contribution is 2.21. The molecule has 1 saturated heterocycles. The summed E-state index contributed by atoms with van der Waals surface area (Å²) in [4.78, 5) is 29.1. The lowest BCUT2D eigenvalue weighted by Crippen LogP contribution is -2.47. The fourth-order valence-corrected chi connectivity index (χ4v) is 3.91. The molecule has 160 valence electrons. The summed E-state index contributed by atoms with van der Waals surface area (Å²) in [5.41, 5.74) is 2.71. The second-order valence-electron chi connectivity index (χ2n) is 7.90. The van der Waals surface area contributed by atoms with Gasteiger partial charge in [-0.2, -0.15) is 5.10 Å². The normalized spacial score (nSPS) is 16.0. The number of urea groups is 1. The SMILES string of the molecule is CN(Cc1cnn(-c2ccccc2)c1)C(=O)[C@H]1CCCN(C(=O)Nc2ccccc2)C1. The number of piperidine rings is 1. The minimum atomic E-state index is -0.190. The van der Waals surface area contributed by atoms with Crippen LogP contribution < -0.4 is 5.32 Å². The molecule has 4 rings (SSSR count). The molecular formula is C24H27N5O2. The Morgan fingerprint density at radius 1 is 1.10 bits per heavy atom. The van der Waals surface area contributed by atoms with Gasteiger partial charge in [-0.05, 0) is 37.1 Å². The average Bonchev–Trinajstić information content (AvgIpc) is 3.28. The lowest BCUT2D eigenvalue weighted by molar-refractivity contribution is -0.136. The molecule has 0 unspecified atom stereocenters. The van der Waals surface area contributed by atoms with E-state index >= 15 is 0 Å². The van der Waals surface area contributed by atoms with Crippen molar-refractivity contribution in [1.82, 2.24) is 19.6 Å². The highest BCUT2D eigenvalue weighted by Gasteiger charge is 2.30. The van der Waals surface area contributed by atoms with E-state index in [-0.39, 0.29) is 17.9 Å². The molecule has 7 heteroatoms. The van der Waals surface area contributed by atoms with Crippen molar-refractivity contribution in [2.75, 3.05) is 25.5 Å². The molecule has 0 radical (unpaired) electrons. The second kappa shape index (κ2) is 9.47. The van der Waals surface area contributed by atoms with E-state index in [0.29, 0.717) is 19.6 Å². The van der Waals surface area contributed by atoms with Gasteiger partial charge in [0.1, 0.15) is 0 Å². The van der Waals surface area contributed by atoms with Crippen molar-refractivity contribution in [3.05, 3.63) is 78.6 Å². The molecule has 3 amide bonds. The molecule has 1 atom stereocenters. The number of para-hydroxylation sites is 2. The number of carbonyl (C=O) groups is 2. The van der Waals surface area contributed by atoms with Crippen LogP contribution in [-0.2, 0) is 11.3 Å². The van der Waals surface area contributed by atoms with E-state index in [0.717, 1.165) is 29.8 Å². The van der Waals surface area contributed by atoms with Gasteiger partial charge in [-0.3, -0.25) is 4.79 Å². The van der Waals surface area contributed by atoms with E-state index < -0.39 is 0 Å². The van der Waals surface area contributed by atoms with Crippen molar-refractivity contribution in [3.8, 4) is 5.69 Å². The number of likely N-dealkylation sites (tertiary alicyclic amines) is 1. The number of aromatic nitrogens is 2. The van der Waals surface area contributed by atoms with E-state index in [1.807, 2.05) is 78.6 Å². The molecule has 31 heavy (non-hydrogen) atoms. The smallest absolute Gasteiger partial charge is 0.321 e. The maximum absolute atomic E-state index is 13.0. The largest absolute Gasteiger partial charge is 0.341 e. The summed E-state index contributed by atoms with van der Waals surface area (Å²) in [7, 11) is 1.81. The summed E-state index contributed by atoms with van der Waals surface area (Å²) in [5.74, 6) is -0.130. The standard InChI is InChI=1S/C24H27N5O2/c1-27(16-19-15-25-29(17-19)22-12-6-3-7-13-22)23(30)20-9-8-14-28(18-20)24(31)26-21-10-4-2-5-11-21/h2-7,10-13,15,17,20H,8-9,14,16,18H2,1H3,(H,26,31)/t20-/m0/s1. The summed E-state index contributed by atoms with van der Waals surface area (Å²) in [5, 5.41) is 7.31. The van der Waals surface area contributed by atoms with Gasteiger partial charge < -0.3 is 15.1 Å². The predicted octanol–water partition coefficient (Wildman–Crippen LogP) is 3.77. The molecule has 0 spiro atoms. The Bertz CT molecular complexity index is 1020. The number of anilines is 1. The molecule has 0 aliphatic carbocycles. The minimum Gasteiger partial charge on any atom is -0.341 e. The van der Waals surface area contributed by atoms with Crippen molar-refractivity contribution >= 4 is 17.6 Å². The van der Waals surface area contributed by atoms with Crippen LogP contribution in [0.25, 0.3) is 5.69 Å². The summed E-state index contributed by atoms with van der Waals surface area (Å²) in [6, 6.07) is 19.1. The van der Waals surface area contributed by atoms with E-state index in [9.17, 15) is 9.59 Å². The van der Waals surface area contributed by atoms with Crippen LogP contribution in [0.5, 0.6) is 0 Å². The van der Waals surface area contributed by atoms with Crippen LogP contribution in [0.2, 0.25) is 0 Å². The van der Waals surface area contributed by atoms with Crippen molar-refractivity contribution in [2.24, 2.45) is 5.92 Å². The molecule has 1 aromatic heterocycles. The number of carbonyl (C=O) groups excluding carboxylic acids is 2. The van der Waals surface area contributed by atoms with Crippen LogP contribution in [0.4, 0.5) is 10.5 Å². The van der Waals surface area contributed by atoms with E-state index in [1.165, 1.54) is 0 Å². The van der Waals surface area contributed by atoms with Gasteiger partial charge in [-0.25, -0.2) is 9.48 Å². The molecule has 1 fully saturated rings. The highest BCUT2D eigenvalue weighted by atomic mass is 16.2. The topological polar surface area (TPSA) is 70.5 Å². The zero-order valence-electron chi connectivity index (χ0n) is 17.6. The van der Waals surface area contributed by atoms with E-state index in [2.05, 4.69) is 10.4 Å². The van der Waals surface area contributed by atoms with Gasteiger partial charge in [-0.1, -0.05) is 36.4 Å². The first kappa shape index (κ1) is 20.7. The van der Waals surface area contributed by atoms with Gasteiger partial charge in [0.05, 0.1) is 17.8 Å².